The quantitative estimate of drug-likeness (QED) is 0.863. The highest BCUT2D eigenvalue weighted by Crippen LogP contribution is 2.25. The predicted molar refractivity (Wildman–Crippen MR) is 83.3 cm³/mol. The van der Waals surface area contributed by atoms with E-state index in [0.717, 1.165) is 36.1 Å². The molecule has 1 aliphatic rings. The van der Waals surface area contributed by atoms with Crippen LogP contribution in [0.25, 0.3) is 10.9 Å². The van der Waals surface area contributed by atoms with Crippen LogP contribution in [0.3, 0.4) is 0 Å². The molecule has 106 valence electrons. The van der Waals surface area contributed by atoms with E-state index in [2.05, 4.69) is 34.2 Å². The van der Waals surface area contributed by atoms with E-state index in [9.17, 15) is 0 Å². The summed E-state index contributed by atoms with van der Waals surface area (Å²) in [7, 11) is 2.18. The lowest BCUT2D eigenvalue weighted by Gasteiger charge is -2.35. The van der Waals surface area contributed by atoms with Crippen LogP contribution in [0.1, 0.15) is 19.8 Å². The zero-order valence-electron chi connectivity index (χ0n) is 11.8. The first-order valence-corrected chi connectivity index (χ1v) is 7.40. The molecule has 1 saturated heterocycles. The van der Waals surface area contributed by atoms with Crippen LogP contribution in [0.4, 0.5) is 5.82 Å². The van der Waals surface area contributed by atoms with Crippen molar-refractivity contribution in [2.45, 2.75) is 31.8 Å². The largest absolute Gasteiger partial charge is 0.367 e. The highest BCUT2D eigenvalue weighted by Gasteiger charge is 2.23. The lowest BCUT2D eigenvalue weighted by atomic mass is 9.99. The van der Waals surface area contributed by atoms with E-state index in [1.807, 2.05) is 24.3 Å². The second-order valence-electron chi connectivity index (χ2n) is 5.55. The number of hydrogen-bond acceptors (Lipinski definition) is 4. The maximum absolute atomic E-state index is 6.02. The number of para-hydroxylation sites is 1. The van der Waals surface area contributed by atoms with Gasteiger partial charge in [0.1, 0.15) is 5.82 Å². The zero-order valence-corrected chi connectivity index (χ0v) is 12.6. The molecule has 2 heterocycles. The number of benzene rings is 1. The summed E-state index contributed by atoms with van der Waals surface area (Å²) in [6.45, 7) is 3.37. The molecule has 1 aliphatic heterocycles. The minimum Gasteiger partial charge on any atom is -0.367 e. The second kappa shape index (κ2) is 5.54. The standard InChI is InChI=1S/C15H19ClN4/c1-10-9-11(7-8-20(10)2)17-14-12-5-3-4-6-13(12)18-15(16)19-14/h3-6,10-11H,7-9H2,1-2H3,(H,17,18,19). The molecule has 4 nitrogen and oxygen atoms in total. The molecular formula is C15H19ClN4. The lowest BCUT2D eigenvalue weighted by molar-refractivity contribution is 0.190. The SMILES string of the molecule is CC1CC(Nc2nc(Cl)nc3ccccc23)CCN1C. The minimum atomic E-state index is 0.298. The van der Waals surface area contributed by atoms with Gasteiger partial charge in [0.2, 0.25) is 5.28 Å². The smallest absolute Gasteiger partial charge is 0.224 e. The highest BCUT2D eigenvalue weighted by molar-refractivity contribution is 6.28. The van der Waals surface area contributed by atoms with Gasteiger partial charge in [0, 0.05) is 24.0 Å². The number of fused-ring (bicyclic) bond motifs is 1. The molecule has 1 aromatic heterocycles. The van der Waals surface area contributed by atoms with Gasteiger partial charge in [-0.25, -0.2) is 9.97 Å². The number of nitrogens with zero attached hydrogens (tertiary/aromatic N) is 3. The van der Waals surface area contributed by atoms with Crippen LogP contribution < -0.4 is 5.32 Å². The Labute approximate surface area is 124 Å². The Kier molecular flexibility index (Phi) is 3.76. The van der Waals surface area contributed by atoms with Gasteiger partial charge in [-0.3, -0.25) is 0 Å². The van der Waals surface area contributed by atoms with Crippen molar-refractivity contribution in [1.82, 2.24) is 14.9 Å². The fourth-order valence-corrected chi connectivity index (χ4v) is 2.95. The third-order valence-electron chi connectivity index (χ3n) is 4.13. The summed E-state index contributed by atoms with van der Waals surface area (Å²) in [5.74, 6) is 0.849. The van der Waals surface area contributed by atoms with Crippen molar-refractivity contribution in [3.05, 3.63) is 29.5 Å². The molecule has 1 N–H and O–H groups in total. The average Bonchev–Trinajstić information content (AvgIpc) is 2.43. The Morgan fingerprint density at radius 3 is 2.90 bits per heavy atom. The van der Waals surface area contributed by atoms with Crippen molar-refractivity contribution in [2.75, 3.05) is 18.9 Å². The predicted octanol–water partition coefficient (Wildman–Crippen LogP) is 3.18. The molecular weight excluding hydrogens is 272 g/mol. The fraction of sp³-hybridized carbons (Fsp3) is 0.467. The van der Waals surface area contributed by atoms with Crippen LogP contribution in [0.5, 0.6) is 0 Å². The van der Waals surface area contributed by atoms with E-state index < -0.39 is 0 Å². The Hall–Kier alpha value is -1.39. The van der Waals surface area contributed by atoms with E-state index in [0.29, 0.717) is 17.4 Å². The molecule has 0 saturated carbocycles. The number of rotatable bonds is 2. The Morgan fingerprint density at radius 2 is 2.10 bits per heavy atom. The minimum absolute atomic E-state index is 0.298. The molecule has 1 aromatic carbocycles. The van der Waals surface area contributed by atoms with Gasteiger partial charge in [-0.2, -0.15) is 0 Å². The molecule has 0 aliphatic carbocycles. The summed E-state index contributed by atoms with van der Waals surface area (Å²) in [4.78, 5) is 11.0. The number of nitrogens with one attached hydrogen (secondary N) is 1. The normalized spacial score (nSPS) is 23.9. The lowest BCUT2D eigenvalue weighted by Crippen LogP contribution is -2.42. The first-order chi connectivity index (χ1) is 9.63. The molecule has 0 bridgehead atoms. The van der Waals surface area contributed by atoms with Gasteiger partial charge in [0.05, 0.1) is 5.52 Å². The summed E-state index contributed by atoms with van der Waals surface area (Å²) in [5, 5.41) is 4.88. The summed E-state index contributed by atoms with van der Waals surface area (Å²) < 4.78 is 0. The summed E-state index contributed by atoms with van der Waals surface area (Å²) >= 11 is 6.02. The van der Waals surface area contributed by atoms with Crippen LogP contribution in [0, 0.1) is 0 Å². The highest BCUT2D eigenvalue weighted by atomic mass is 35.5. The number of aromatic nitrogens is 2. The molecule has 1 fully saturated rings. The van der Waals surface area contributed by atoms with Crippen molar-refractivity contribution < 1.29 is 0 Å². The van der Waals surface area contributed by atoms with Crippen LogP contribution in [0.2, 0.25) is 5.28 Å². The molecule has 3 rings (SSSR count). The van der Waals surface area contributed by atoms with Crippen LogP contribution in [-0.4, -0.2) is 40.5 Å². The number of piperidine rings is 1. The molecule has 5 heteroatoms. The van der Waals surface area contributed by atoms with Gasteiger partial charge in [0.15, 0.2) is 0 Å². The van der Waals surface area contributed by atoms with Crippen molar-refractivity contribution in [3.63, 3.8) is 0 Å². The monoisotopic (exact) mass is 290 g/mol. The van der Waals surface area contributed by atoms with E-state index in [-0.39, 0.29) is 0 Å². The zero-order chi connectivity index (χ0) is 14.1. The molecule has 20 heavy (non-hydrogen) atoms. The van der Waals surface area contributed by atoms with Gasteiger partial charge in [-0.05, 0) is 50.5 Å². The first-order valence-electron chi connectivity index (χ1n) is 7.02. The summed E-state index contributed by atoms with van der Waals surface area (Å²) in [5.41, 5.74) is 0.885. The van der Waals surface area contributed by atoms with Gasteiger partial charge >= 0.3 is 0 Å². The molecule has 2 atom stereocenters. The molecule has 0 radical (unpaired) electrons. The Bertz CT molecular complexity index is 616. The van der Waals surface area contributed by atoms with Gasteiger partial charge in [-0.1, -0.05) is 12.1 Å². The average molecular weight is 291 g/mol. The molecule has 0 amide bonds. The second-order valence-corrected chi connectivity index (χ2v) is 5.89. The third kappa shape index (κ3) is 2.72. The van der Waals surface area contributed by atoms with Crippen LogP contribution in [-0.2, 0) is 0 Å². The topological polar surface area (TPSA) is 41.1 Å². The van der Waals surface area contributed by atoms with Gasteiger partial charge < -0.3 is 10.2 Å². The Morgan fingerprint density at radius 1 is 1.30 bits per heavy atom. The van der Waals surface area contributed by atoms with Crippen molar-refractivity contribution in [2.24, 2.45) is 0 Å². The molecule has 2 aromatic rings. The van der Waals surface area contributed by atoms with E-state index in [4.69, 9.17) is 11.6 Å². The fourth-order valence-electron chi connectivity index (χ4n) is 2.77. The van der Waals surface area contributed by atoms with E-state index in [1.165, 1.54) is 0 Å². The number of anilines is 1. The molecule has 0 spiro atoms. The van der Waals surface area contributed by atoms with Crippen molar-refractivity contribution in [3.8, 4) is 0 Å². The van der Waals surface area contributed by atoms with Gasteiger partial charge in [-0.15, -0.1) is 0 Å². The maximum Gasteiger partial charge on any atom is 0.224 e. The Balaban J connectivity index is 1.87. The van der Waals surface area contributed by atoms with Crippen molar-refractivity contribution >= 4 is 28.3 Å². The third-order valence-corrected chi connectivity index (χ3v) is 4.29. The summed E-state index contributed by atoms with van der Waals surface area (Å²) in [6.07, 6.45) is 2.24. The van der Waals surface area contributed by atoms with E-state index in [1.54, 1.807) is 0 Å². The van der Waals surface area contributed by atoms with Crippen LogP contribution in [0.15, 0.2) is 24.3 Å². The summed E-state index contributed by atoms with van der Waals surface area (Å²) in [6, 6.07) is 8.99. The van der Waals surface area contributed by atoms with Gasteiger partial charge in [0.25, 0.3) is 0 Å². The number of likely N-dealkylation sites (tertiary alicyclic amines) is 1. The maximum atomic E-state index is 6.02. The van der Waals surface area contributed by atoms with Crippen LogP contribution >= 0.6 is 11.6 Å². The first kappa shape index (κ1) is 13.6. The molecule has 2 unspecified atom stereocenters. The van der Waals surface area contributed by atoms with E-state index >= 15 is 0 Å². The van der Waals surface area contributed by atoms with Crippen molar-refractivity contribution in [1.29, 1.82) is 0 Å². The number of halogens is 1. The number of hydrogen-bond donors (Lipinski definition) is 1.